The van der Waals surface area contributed by atoms with Crippen molar-refractivity contribution in [2.24, 2.45) is 0 Å². The van der Waals surface area contributed by atoms with Gasteiger partial charge in [0.2, 0.25) is 0 Å². The van der Waals surface area contributed by atoms with E-state index in [2.05, 4.69) is 19.1 Å². The lowest BCUT2D eigenvalue weighted by atomic mass is 10.2. The summed E-state index contributed by atoms with van der Waals surface area (Å²) in [6, 6.07) is 0. The minimum atomic E-state index is 1.29. The second-order valence-electron chi connectivity index (χ2n) is 1.94. The lowest BCUT2D eigenvalue weighted by Crippen LogP contribution is -1.62. The van der Waals surface area contributed by atoms with Crippen LogP contribution in [0.4, 0.5) is 0 Å². The topological polar surface area (TPSA) is 0 Å². The van der Waals surface area contributed by atoms with E-state index in [4.69, 9.17) is 0 Å². The van der Waals surface area contributed by atoms with Crippen LogP contribution in [0.1, 0.15) is 20.8 Å². The zero-order valence-electron chi connectivity index (χ0n) is 6.39. The average molecular weight is 122 g/mol. The van der Waals surface area contributed by atoms with Gasteiger partial charge >= 0.3 is 0 Å². The number of hydrogen-bond acceptors (Lipinski definition) is 0. The molecule has 0 radical (unpaired) electrons. The Morgan fingerprint density at radius 1 is 1.11 bits per heavy atom. The number of hydrogen-bond donors (Lipinski definition) is 0. The molecule has 0 rings (SSSR count). The molecule has 0 saturated carbocycles. The van der Waals surface area contributed by atoms with Gasteiger partial charge in [-0.2, -0.15) is 0 Å². The van der Waals surface area contributed by atoms with Gasteiger partial charge in [-0.1, -0.05) is 36.0 Å². The first-order valence-electron chi connectivity index (χ1n) is 3.23. The van der Waals surface area contributed by atoms with Crippen molar-refractivity contribution < 1.29 is 0 Å². The molecule has 0 heteroatoms. The van der Waals surface area contributed by atoms with E-state index >= 15 is 0 Å². The molecular weight excluding hydrogens is 108 g/mol. The van der Waals surface area contributed by atoms with Crippen molar-refractivity contribution in [3.8, 4) is 0 Å². The van der Waals surface area contributed by atoms with Crippen molar-refractivity contribution >= 4 is 0 Å². The third-order valence-corrected chi connectivity index (χ3v) is 0.981. The summed E-state index contributed by atoms with van der Waals surface area (Å²) in [4.78, 5) is 0. The Bertz CT molecular complexity index is 136. The SMILES string of the molecule is CC=C/C=C(C)\C=C/C. The molecule has 0 aromatic rings. The van der Waals surface area contributed by atoms with Crippen LogP contribution in [0.5, 0.6) is 0 Å². The quantitative estimate of drug-likeness (QED) is 0.494. The predicted molar refractivity (Wildman–Crippen MR) is 43.4 cm³/mol. The lowest BCUT2D eigenvalue weighted by Gasteiger charge is -1.83. The molecule has 9 heavy (non-hydrogen) atoms. The van der Waals surface area contributed by atoms with Crippen molar-refractivity contribution in [1.82, 2.24) is 0 Å². The van der Waals surface area contributed by atoms with Gasteiger partial charge < -0.3 is 0 Å². The molecule has 0 aromatic heterocycles. The van der Waals surface area contributed by atoms with Crippen LogP contribution in [0.2, 0.25) is 0 Å². The molecule has 0 aliphatic carbocycles. The molecule has 50 valence electrons. The first-order valence-corrected chi connectivity index (χ1v) is 3.23. The fraction of sp³-hybridized carbons (Fsp3) is 0.333. The van der Waals surface area contributed by atoms with Crippen molar-refractivity contribution in [3.05, 3.63) is 36.0 Å². The van der Waals surface area contributed by atoms with Gasteiger partial charge in [0, 0.05) is 0 Å². The van der Waals surface area contributed by atoms with Gasteiger partial charge in [-0.05, 0) is 20.8 Å². The van der Waals surface area contributed by atoms with E-state index < -0.39 is 0 Å². The fourth-order valence-electron chi connectivity index (χ4n) is 0.566. The second kappa shape index (κ2) is 5.36. The molecule has 0 aliphatic rings. The van der Waals surface area contributed by atoms with Gasteiger partial charge in [0.1, 0.15) is 0 Å². The van der Waals surface area contributed by atoms with E-state index in [-0.39, 0.29) is 0 Å². The zero-order valence-corrected chi connectivity index (χ0v) is 6.39. The van der Waals surface area contributed by atoms with E-state index in [1.54, 1.807) is 0 Å². The van der Waals surface area contributed by atoms with Gasteiger partial charge in [-0.25, -0.2) is 0 Å². The molecule has 0 fully saturated rings. The first kappa shape index (κ1) is 8.22. The monoisotopic (exact) mass is 122 g/mol. The van der Waals surface area contributed by atoms with Crippen LogP contribution in [0.3, 0.4) is 0 Å². The summed E-state index contributed by atoms with van der Waals surface area (Å²) in [5, 5.41) is 0. The van der Waals surface area contributed by atoms with E-state index in [0.717, 1.165) is 0 Å². The van der Waals surface area contributed by atoms with Crippen molar-refractivity contribution in [2.75, 3.05) is 0 Å². The molecule has 0 spiro atoms. The van der Waals surface area contributed by atoms with Crippen molar-refractivity contribution in [1.29, 1.82) is 0 Å². The molecule has 0 atom stereocenters. The van der Waals surface area contributed by atoms with E-state index in [0.29, 0.717) is 0 Å². The number of rotatable bonds is 2. The largest absolute Gasteiger partial charge is 0.0877 e. The summed E-state index contributed by atoms with van der Waals surface area (Å²) >= 11 is 0. The Morgan fingerprint density at radius 3 is 2.22 bits per heavy atom. The van der Waals surface area contributed by atoms with E-state index in [1.807, 2.05) is 32.1 Å². The molecule has 0 N–H and O–H groups in total. The molecule has 0 bridgehead atoms. The lowest BCUT2D eigenvalue weighted by molar-refractivity contribution is 1.50. The number of allylic oxidation sites excluding steroid dienone is 6. The van der Waals surface area contributed by atoms with Crippen LogP contribution < -0.4 is 0 Å². The summed E-state index contributed by atoms with van der Waals surface area (Å²) in [6.07, 6.45) is 10.3. The predicted octanol–water partition coefficient (Wildman–Crippen LogP) is 3.08. The Labute approximate surface area is 57.6 Å². The van der Waals surface area contributed by atoms with Crippen LogP contribution in [0.25, 0.3) is 0 Å². The zero-order chi connectivity index (χ0) is 7.11. The highest BCUT2D eigenvalue weighted by atomic mass is 13.8. The molecule has 0 unspecified atom stereocenters. The second-order valence-corrected chi connectivity index (χ2v) is 1.94. The molecule has 0 aromatic carbocycles. The average Bonchev–Trinajstić information content (AvgIpc) is 1.85. The maximum absolute atomic E-state index is 2.08. The van der Waals surface area contributed by atoms with Gasteiger partial charge in [-0.3, -0.25) is 0 Å². The maximum Gasteiger partial charge on any atom is -0.0398 e. The highest BCUT2D eigenvalue weighted by molar-refractivity contribution is 5.20. The summed E-state index contributed by atoms with van der Waals surface area (Å²) in [5.74, 6) is 0. The summed E-state index contributed by atoms with van der Waals surface area (Å²) in [6.45, 7) is 6.12. The molecule has 0 heterocycles. The minimum absolute atomic E-state index is 1.29. The van der Waals surface area contributed by atoms with Crippen LogP contribution in [0.15, 0.2) is 36.0 Å². The maximum atomic E-state index is 2.08. The normalized spacial score (nSPS) is 13.9. The van der Waals surface area contributed by atoms with Gasteiger partial charge in [0.25, 0.3) is 0 Å². The Kier molecular flexibility index (Phi) is 4.89. The fourth-order valence-corrected chi connectivity index (χ4v) is 0.566. The molecule has 0 saturated heterocycles. The first-order chi connectivity index (χ1) is 4.31. The molecule has 0 nitrogen and oxygen atoms in total. The van der Waals surface area contributed by atoms with Crippen LogP contribution >= 0.6 is 0 Å². The van der Waals surface area contributed by atoms with Crippen molar-refractivity contribution in [2.45, 2.75) is 20.8 Å². The van der Waals surface area contributed by atoms with Crippen LogP contribution in [0, 0.1) is 0 Å². The summed E-state index contributed by atoms with van der Waals surface area (Å²) in [5.41, 5.74) is 1.29. The summed E-state index contributed by atoms with van der Waals surface area (Å²) < 4.78 is 0. The molecular formula is C9H14. The van der Waals surface area contributed by atoms with E-state index in [1.165, 1.54) is 5.57 Å². The summed E-state index contributed by atoms with van der Waals surface area (Å²) in [7, 11) is 0. The molecule has 0 aliphatic heterocycles. The van der Waals surface area contributed by atoms with E-state index in [9.17, 15) is 0 Å². The van der Waals surface area contributed by atoms with Gasteiger partial charge in [0.05, 0.1) is 0 Å². The highest BCUT2D eigenvalue weighted by Crippen LogP contribution is 1.93. The van der Waals surface area contributed by atoms with Gasteiger partial charge in [0.15, 0.2) is 0 Å². The Morgan fingerprint density at radius 2 is 1.78 bits per heavy atom. The smallest absolute Gasteiger partial charge is 0.0398 e. The molecule has 0 amide bonds. The third-order valence-electron chi connectivity index (χ3n) is 0.981. The van der Waals surface area contributed by atoms with Crippen LogP contribution in [-0.2, 0) is 0 Å². The highest BCUT2D eigenvalue weighted by Gasteiger charge is 1.72. The van der Waals surface area contributed by atoms with Crippen LogP contribution in [-0.4, -0.2) is 0 Å². The minimum Gasteiger partial charge on any atom is -0.0877 e. The standard InChI is InChI=1S/C9H14/c1-4-6-8-9(3)7-5-2/h4-8H,1-3H3/b6-4?,7-5-,9-8-. The Balaban J connectivity index is 3.84. The Hall–Kier alpha value is -0.780. The van der Waals surface area contributed by atoms with Gasteiger partial charge in [-0.15, -0.1) is 0 Å². The van der Waals surface area contributed by atoms with Crippen molar-refractivity contribution in [3.63, 3.8) is 0 Å². The third kappa shape index (κ3) is 5.09.